The Morgan fingerprint density at radius 1 is 1.26 bits per heavy atom. The first-order chi connectivity index (χ1) is 8.69. The lowest BCUT2D eigenvalue weighted by Gasteiger charge is -2.34. The number of nitrogens with zero attached hydrogens (tertiary/aromatic N) is 2. The molecule has 0 unspecified atom stereocenters. The largest absolute Gasteiger partial charge is 0.474 e. The molecule has 0 spiro atoms. The second kappa shape index (κ2) is 6.28. The molecular formula is C14H27N3O2. The quantitative estimate of drug-likeness (QED) is 0.774. The van der Waals surface area contributed by atoms with Crippen LogP contribution in [0.3, 0.4) is 0 Å². The Balaban J connectivity index is 2.42. The fourth-order valence-electron chi connectivity index (χ4n) is 2.00. The number of carbonyl (C=O) groups excluding carboxylic acids is 1. The summed E-state index contributed by atoms with van der Waals surface area (Å²) in [4.78, 5) is 16.4. The minimum absolute atomic E-state index is 0.103. The van der Waals surface area contributed by atoms with E-state index in [1.807, 2.05) is 32.6 Å². The van der Waals surface area contributed by atoms with Gasteiger partial charge in [-0.2, -0.15) is 0 Å². The maximum absolute atomic E-state index is 12.3. The number of likely N-dealkylation sites (N-methyl/N-ethyl adjacent to an activating group) is 1. The number of hydrogen-bond donors (Lipinski definition) is 1. The second-order valence-corrected chi connectivity index (χ2v) is 6.13. The van der Waals surface area contributed by atoms with Gasteiger partial charge < -0.3 is 19.9 Å². The van der Waals surface area contributed by atoms with Crippen LogP contribution in [-0.4, -0.2) is 60.6 Å². The fourth-order valence-corrected chi connectivity index (χ4v) is 2.00. The van der Waals surface area contributed by atoms with Gasteiger partial charge in [0.15, 0.2) is 5.88 Å². The maximum Gasteiger partial charge on any atom is 0.244 e. The molecule has 0 aromatic carbocycles. The molecule has 0 radical (unpaired) electrons. The predicted octanol–water partition coefficient (Wildman–Crippen LogP) is 1.02. The fraction of sp³-hybridized carbons (Fsp3) is 0.786. The highest BCUT2D eigenvalue weighted by molar-refractivity contribution is 5.81. The van der Waals surface area contributed by atoms with Crippen molar-refractivity contribution in [2.45, 2.75) is 39.3 Å². The first-order valence-electron chi connectivity index (χ1n) is 6.81. The summed E-state index contributed by atoms with van der Waals surface area (Å²) in [6.07, 6.45) is 0. The van der Waals surface area contributed by atoms with Gasteiger partial charge in [-0.05, 0) is 41.3 Å². The zero-order valence-corrected chi connectivity index (χ0v) is 12.8. The van der Waals surface area contributed by atoms with Crippen LogP contribution in [0.1, 0.15) is 27.7 Å². The number of hydrogen-bond acceptors (Lipinski definition) is 4. The van der Waals surface area contributed by atoms with Crippen LogP contribution in [0.15, 0.2) is 12.5 Å². The van der Waals surface area contributed by atoms with Gasteiger partial charge in [-0.1, -0.05) is 0 Å². The zero-order chi connectivity index (χ0) is 14.6. The summed E-state index contributed by atoms with van der Waals surface area (Å²) < 4.78 is 5.58. The van der Waals surface area contributed by atoms with E-state index in [1.54, 1.807) is 0 Å². The lowest BCUT2D eigenvalue weighted by molar-refractivity contribution is -0.134. The van der Waals surface area contributed by atoms with Crippen molar-refractivity contribution in [3.8, 4) is 0 Å². The van der Waals surface area contributed by atoms with Crippen LogP contribution in [0, 0.1) is 0 Å². The first-order valence-corrected chi connectivity index (χ1v) is 6.81. The number of piperazine rings is 1. The third-order valence-electron chi connectivity index (χ3n) is 2.99. The monoisotopic (exact) mass is 269 g/mol. The molecule has 110 valence electrons. The van der Waals surface area contributed by atoms with Crippen molar-refractivity contribution in [1.82, 2.24) is 15.1 Å². The average molecular weight is 269 g/mol. The lowest BCUT2D eigenvalue weighted by atomic mass is 10.2. The normalized spacial score (nSPS) is 18.9. The van der Waals surface area contributed by atoms with Crippen LogP contribution >= 0.6 is 0 Å². The second-order valence-electron chi connectivity index (χ2n) is 6.13. The molecule has 0 saturated carbocycles. The molecule has 19 heavy (non-hydrogen) atoms. The van der Waals surface area contributed by atoms with E-state index >= 15 is 0 Å². The molecule has 5 heteroatoms. The summed E-state index contributed by atoms with van der Waals surface area (Å²) in [5.41, 5.74) is -0.305. The van der Waals surface area contributed by atoms with Crippen molar-refractivity contribution in [1.29, 1.82) is 0 Å². The molecule has 1 fully saturated rings. The Morgan fingerprint density at radius 2 is 1.79 bits per heavy atom. The van der Waals surface area contributed by atoms with Gasteiger partial charge in [0.1, 0.15) is 11.6 Å². The van der Waals surface area contributed by atoms with E-state index < -0.39 is 0 Å². The first kappa shape index (κ1) is 15.8. The number of rotatable bonds is 4. The van der Waals surface area contributed by atoms with Crippen molar-refractivity contribution < 1.29 is 9.53 Å². The van der Waals surface area contributed by atoms with E-state index in [0.29, 0.717) is 5.88 Å². The summed E-state index contributed by atoms with van der Waals surface area (Å²) in [7, 11) is 2.07. The van der Waals surface area contributed by atoms with Gasteiger partial charge in [0.2, 0.25) is 5.91 Å². The number of amides is 1. The van der Waals surface area contributed by atoms with Crippen molar-refractivity contribution in [2.75, 3.05) is 33.2 Å². The molecule has 1 rings (SSSR count). The van der Waals surface area contributed by atoms with E-state index in [4.69, 9.17) is 4.74 Å². The van der Waals surface area contributed by atoms with Crippen LogP contribution in [-0.2, 0) is 9.53 Å². The van der Waals surface area contributed by atoms with Gasteiger partial charge in [0, 0.05) is 26.2 Å². The lowest BCUT2D eigenvalue weighted by Crippen LogP contribution is -2.52. The molecule has 0 aromatic rings. The van der Waals surface area contributed by atoms with Crippen molar-refractivity contribution in [2.24, 2.45) is 0 Å². The number of nitrogens with one attached hydrogen (secondary N) is 1. The molecule has 1 atom stereocenters. The highest BCUT2D eigenvalue weighted by Crippen LogP contribution is 2.11. The Kier molecular flexibility index (Phi) is 5.23. The van der Waals surface area contributed by atoms with Gasteiger partial charge >= 0.3 is 0 Å². The molecule has 0 aromatic heterocycles. The third-order valence-corrected chi connectivity index (χ3v) is 2.99. The molecule has 1 heterocycles. The van der Waals surface area contributed by atoms with Crippen LogP contribution in [0.25, 0.3) is 0 Å². The molecule has 1 aliphatic heterocycles. The van der Waals surface area contributed by atoms with Gasteiger partial charge in [0.05, 0.1) is 0 Å². The SMILES string of the molecule is C=C(N[C@@H](C)C(=O)N1CCN(C)CC1)OC(C)(C)C. The van der Waals surface area contributed by atoms with Crippen LogP contribution in [0.5, 0.6) is 0 Å². The van der Waals surface area contributed by atoms with Gasteiger partial charge in [0.25, 0.3) is 0 Å². The Hall–Kier alpha value is -1.23. The summed E-state index contributed by atoms with van der Waals surface area (Å²) in [5, 5.41) is 3.02. The highest BCUT2D eigenvalue weighted by atomic mass is 16.5. The van der Waals surface area contributed by atoms with Crippen LogP contribution < -0.4 is 5.32 Å². The molecule has 0 aliphatic carbocycles. The minimum Gasteiger partial charge on any atom is -0.474 e. The number of ether oxygens (including phenoxy) is 1. The van der Waals surface area contributed by atoms with Gasteiger partial charge in [-0.15, -0.1) is 0 Å². The standard InChI is InChI=1S/C14H27N3O2/c1-11(15-12(2)19-14(3,4)5)13(18)17-9-7-16(6)8-10-17/h11,15H,2,7-10H2,1,3-6H3/t11-/m0/s1. The van der Waals surface area contributed by atoms with Gasteiger partial charge in [-0.25, -0.2) is 0 Å². The molecule has 1 N–H and O–H groups in total. The summed E-state index contributed by atoms with van der Waals surface area (Å²) in [6.45, 7) is 14.9. The molecule has 1 aliphatic rings. The average Bonchev–Trinajstić information content (AvgIpc) is 2.26. The molecular weight excluding hydrogens is 242 g/mol. The zero-order valence-electron chi connectivity index (χ0n) is 12.8. The number of carbonyl (C=O) groups is 1. The van der Waals surface area contributed by atoms with E-state index in [0.717, 1.165) is 26.2 Å². The Bertz CT molecular complexity index is 328. The summed E-state index contributed by atoms with van der Waals surface area (Å²) in [5.74, 6) is 0.550. The Labute approximate surface area is 116 Å². The van der Waals surface area contributed by atoms with E-state index in [-0.39, 0.29) is 17.6 Å². The molecule has 1 saturated heterocycles. The topological polar surface area (TPSA) is 44.8 Å². The molecule has 1 amide bonds. The van der Waals surface area contributed by atoms with Crippen molar-refractivity contribution >= 4 is 5.91 Å². The highest BCUT2D eigenvalue weighted by Gasteiger charge is 2.24. The summed E-state index contributed by atoms with van der Waals surface area (Å²) >= 11 is 0. The van der Waals surface area contributed by atoms with Crippen LogP contribution in [0.4, 0.5) is 0 Å². The minimum atomic E-state index is -0.307. The van der Waals surface area contributed by atoms with E-state index in [2.05, 4.69) is 23.8 Å². The predicted molar refractivity (Wildman–Crippen MR) is 76.7 cm³/mol. The van der Waals surface area contributed by atoms with E-state index in [1.165, 1.54) is 0 Å². The van der Waals surface area contributed by atoms with Gasteiger partial charge in [-0.3, -0.25) is 4.79 Å². The van der Waals surface area contributed by atoms with Crippen molar-refractivity contribution in [3.63, 3.8) is 0 Å². The molecule has 0 bridgehead atoms. The van der Waals surface area contributed by atoms with Crippen LogP contribution in [0.2, 0.25) is 0 Å². The summed E-state index contributed by atoms with van der Waals surface area (Å²) in [6, 6.07) is -0.307. The molecule has 5 nitrogen and oxygen atoms in total. The van der Waals surface area contributed by atoms with E-state index in [9.17, 15) is 4.79 Å². The maximum atomic E-state index is 12.3. The smallest absolute Gasteiger partial charge is 0.244 e. The third kappa shape index (κ3) is 5.51. The van der Waals surface area contributed by atoms with Crippen molar-refractivity contribution in [3.05, 3.63) is 12.5 Å². The Morgan fingerprint density at radius 3 is 2.26 bits per heavy atom.